The van der Waals surface area contributed by atoms with Crippen molar-refractivity contribution in [3.8, 4) is 11.1 Å². The van der Waals surface area contributed by atoms with Gasteiger partial charge in [0.2, 0.25) is 0 Å². The molecule has 0 saturated carbocycles. The molecule has 1 heterocycles. The zero-order valence-electron chi connectivity index (χ0n) is 17.7. The topological polar surface area (TPSA) is 119 Å². The Morgan fingerprint density at radius 1 is 1.09 bits per heavy atom. The minimum atomic E-state index is -1.30. The maximum Gasteiger partial charge on any atom is 0.407 e. The van der Waals surface area contributed by atoms with E-state index in [-0.39, 0.29) is 30.4 Å². The molecule has 5 rings (SSSR count). The average molecular weight is 446 g/mol. The Bertz CT molecular complexity index is 1200. The van der Waals surface area contributed by atoms with E-state index in [4.69, 9.17) is 9.26 Å². The van der Waals surface area contributed by atoms with Crippen LogP contribution in [0.1, 0.15) is 51.7 Å². The number of amides is 1. The van der Waals surface area contributed by atoms with E-state index < -0.39 is 18.1 Å². The summed E-state index contributed by atoms with van der Waals surface area (Å²) in [5, 5.41) is 15.9. The Morgan fingerprint density at radius 2 is 1.76 bits per heavy atom. The minimum absolute atomic E-state index is 0.0735. The Labute approximate surface area is 189 Å². The van der Waals surface area contributed by atoms with Crippen molar-refractivity contribution < 1.29 is 28.8 Å². The molecule has 1 atom stereocenters. The van der Waals surface area contributed by atoms with Crippen molar-refractivity contribution in [1.82, 2.24) is 10.5 Å². The molecule has 2 N–H and O–H groups in total. The van der Waals surface area contributed by atoms with Gasteiger partial charge in [-0.05, 0) is 28.7 Å². The van der Waals surface area contributed by atoms with Crippen LogP contribution in [0.5, 0.6) is 0 Å². The first-order valence-electron chi connectivity index (χ1n) is 10.9. The standard InChI is InChI=1S/C25H22N2O6/c28-21-10-5-11-22-23(21)19(27-33-22)12-20(24(29)30)26-25(31)32-13-18-16-8-3-1-6-14(16)15-7-2-4-9-17(15)18/h1-4,6-9,18,20H,5,10-13H2,(H,26,31)(H,29,30)/t20-/m0/s1. The molecule has 0 saturated heterocycles. The number of carbonyl (C=O) groups is 3. The fourth-order valence-corrected chi connectivity index (χ4v) is 4.70. The Morgan fingerprint density at radius 3 is 2.42 bits per heavy atom. The van der Waals surface area contributed by atoms with Gasteiger partial charge in [0.15, 0.2) is 5.78 Å². The van der Waals surface area contributed by atoms with Crippen LogP contribution in [0.2, 0.25) is 0 Å². The summed E-state index contributed by atoms with van der Waals surface area (Å²) in [5.41, 5.74) is 4.93. The molecule has 8 nitrogen and oxygen atoms in total. The van der Waals surface area contributed by atoms with Gasteiger partial charge >= 0.3 is 12.1 Å². The molecule has 0 radical (unpaired) electrons. The lowest BCUT2D eigenvalue weighted by molar-refractivity contribution is -0.139. The highest BCUT2D eigenvalue weighted by Gasteiger charge is 2.32. The van der Waals surface area contributed by atoms with Gasteiger partial charge in [-0.1, -0.05) is 53.7 Å². The molecule has 2 aliphatic carbocycles. The summed E-state index contributed by atoms with van der Waals surface area (Å²) in [5.74, 6) is -1.01. The molecule has 8 heteroatoms. The van der Waals surface area contributed by atoms with Gasteiger partial charge in [0.25, 0.3) is 0 Å². The molecule has 0 spiro atoms. The summed E-state index contributed by atoms with van der Waals surface area (Å²) in [4.78, 5) is 36.5. The summed E-state index contributed by atoms with van der Waals surface area (Å²) in [6.07, 6.45) is 0.642. The predicted octanol–water partition coefficient (Wildman–Crippen LogP) is 3.73. The van der Waals surface area contributed by atoms with Crippen LogP contribution in [0.3, 0.4) is 0 Å². The van der Waals surface area contributed by atoms with Crippen LogP contribution >= 0.6 is 0 Å². The van der Waals surface area contributed by atoms with Crippen molar-refractivity contribution in [2.45, 2.75) is 37.6 Å². The van der Waals surface area contributed by atoms with Crippen LogP contribution in [0, 0.1) is 0 Å². The molecular weight excluding hydrogens is 424 g/mol. The number of aryl methyl sites for hydroxylation is 1. The predicted molar refractivity (Wildman–Crippen MR) is 117 cm³/mol. The van der Waals surface area contributed by atoms with Gasteiger partial charge in [-0.3, -0.25) is 4.79 Å². The first-order chi connectivity index (χ1) is 16.0. The third-order valence-corrected chi connectivity index (χ3v) is 6.25. The van der Waals surface area contributed by atoms with Crippen molar-refractivity contribution in [1.29, 1.82) is 0 Å². The second-order valence-corrected chi connectivity index (χ2v) is 8.27. The number of carboxylic acids is 1. The number of aliphatic carboxylic acids is 1. The first kappa shape index (κ1) is 20.9. The summed E-state index contributed by atoms with van der Waals surface area (Å²) < 4.78 is 10.7. The van der Waals surface area contributed by atoms with Crippen molar-refractivity contribution >= 4 is 17.8 Å². The van der Waals surface area contributed by atoms with Gasteiger partial charge in [0.1, 0.15) is 18.4 Å². The van der Waals surface area contributed by atoms with Crippen molar-refractivity contribution in [3.05, 3.63) is 76.7 Å². The van der Waals surface area contributed by atoms with Crippen molar-refractivity contribution in [2.24, 2.45) is 0 Å². The Kier molecular flexibility index (Phi) is 5.42. The van der Waals surface area contributed by atoms with E-state index in [2.05, 4.69) is 10.5 Å². The number of fused-ring (bicyclic) bond motifs is 4. The van der Waals surface area contributed by atoms with Crippen LogP contribution in [-0.2, 0) is 22.4 Å². The first-order valence-corrected chi connectivity index (χ1v) is 10.9. The number of ether oxygens (including phenoxy) is 1. The molecule has 1 aromatic heterocycles. The van der Waals surface area contributed by atoms with Gasteiger partial charge in [0, 0.05) is 25.2 Å². The smallest absolute Gasteiger partial charge is 0.407 e. The number of nitrogens with zero attached hydrogens (tertiary/aromatic N) is 1. The summed E-state index contributed by atoms with van der Waals surface area (Å²) in [7, 11) is 0. The number of benzene rings is 2. The van der Waals surface area contributed by atoms with Gasteiger partial charge in [0.05, 0.1) is 11.3 Å². The molecule has 168 valence electrons. The maximum atomic E-state index is 12.5. The molecule has 2 aromatic carbocycles. The van der Waals surface area contributed by atoms with Gasteiger partial charge in [-0.15, -0.1) is 0 Å². The number of Topliss-reactive ketones (excluding diaryl/α,β-unsaturated/α-hetero) is 1. The Hall–Kier alpha value is -3.94. The Balaban J connectivity index is 1.27. The molecule has 0 bridgehead atoms. The maximum absolute atomic E-state index is 12.5. The number of hydrogen-bond acceptors (Lipinski definition) is 6. The second kappa shape index (κ2) is 8.54. The highest BCUT2D eigenvalue weighted by atomic mass is 16.5. The van der Waals surface area contributed by atoms with Crippen LogP contribution in [0.4, 0.5) is 4.79 Å². The SMILES string of the molecule is O=C(N[C@@H](Cc1noc2c1C(=O)CCC2)C(=O)O)OCC1c2ccccc2-c2ccccc21. The molecule has 0 unspecified atom stereocenters. The highest BCUT2D eigenvalue weighted by molar-refractivity contribution is 5.99. The van der Waals surface area contributed by atoms with Gasteiger partial charge in [-0.2, -0.15) is 0 Å². The number of rotatable bonds is 6. The van der Waals surface area contributed by atoms with Crippen LogP contribution in [0.25, 0.3) is 11.1 Å². The lowest BCUT2D eigenvalue weighted by Gasteiger charge is -2.17. The van der Waals surface area contributed by atoms with Crippen LogP contribution in [-0.4, -0.2) is 40.8 Å². The molecule has 2 aliphatic rings. The van der Waals surface area contributed by atoms with Crippen molar-refractivity contribution in [3.63, 3.8) is 0 Å². The number of ketones is 1. The fourth-order valence-electron chi connectivity index (χ4n) is 4.70. The normalized spacial score (nSPS) is 15.3. The lowest BCUT2D eigenvalue weighted by atomic mass is 9.93. The second-order valence-electron chi connectivity index (χ2n) is 8.27. The van der Waals surface area contributed by atoms with E-state index in [0.29, 0.717) is 30.6 Å². The lowest BCUT2D eigenvalue weighted by Crippen LogP contribution is -2.43. The van der Waals surface area contributed by atoms with E-state index >= 15 is 0 Å². The molecule has 3 aromatic rings. The molecule has 1 amide bonds. The number of carboxylic acid groups (broad SMARTS) is 1. The van der Waals surface area contributed by atoms with E-state index in [1.165, 1.54) is 0 Å². The molecule has 33 heavy (non-hydrogen) atoms. The molecular formula is C25H22N2O6. The monoisotopic (exact) mass is 446 g/mol. The number of hydrogen-bond donors (Lipinski definition) is 2. The molecule has 0 fully saturated rings. The summed E-state index contributed by atoms with van der Waals surface area (Å²) in [6.45, 7) is 0.0735. The third kappa shape index (κ3) is 3.88. The van der Waals surface area contributed by atoms with E-state index in [9.17, 15) is 19.5 Å². The van der Waals surface area contributed by atoms with Crippen molar-refractivity contribution in [2.75, 3.05) is 6.61 Å². The van der Waals surface area contributed by atoms with E-state index in [0.717, 1.165) is 22.3 Å². The van der Waals surface area contributed by atoms with Crippen LogP contribution in [0.15, 0.2) is 53.1 Å². The number of alkyl carbamates (subject to hydrolysis) is 1. The minimum Gasteiger partial charge on any atom is -0.480 e. The van der Waals surface area contributed by atoms with E-state index in [1.807, 2.05) is 48.5 Å². The summed E-state index contributed by atoms with van der Waals surface area (Å²) >= 11 is 0. The van der Waals surface area contributed by atoms with Gasteiger partial charge < -0.3 is 19.7 Å². The quantitative estimate of drug-likeness (QED) is 0.592. The fraction of sp³-hybridized carbons (Fsp3) is 0.280. The third-order valence-electron chi connectivity index (χ3n) is 6.25. The van der Waals surface area contributed by atoms with E-state index in [1.54, 1.807) is 0 Å². The molecule has 0 aliphatic heterocycles. The van der Waals surface area contributed by atoms with Crippen LogP contribution < -0.4 is 5.32 Å². The number of nitrogens with one attached hydrogen (secondary N) is 1. The van der Waals surface area contributed by atoms with Gasteiger partial charge in [-0.25, -0.2) is 9.59 Å². The average Bonchev–Trinajstić information content (AvgIpc) is 3.37. The highest BCUT2D eigenvalue weighted by Crippen LogP contribution is 2.44. The summed E-state index contributed by atoms with van der Waals surface area (Å²) in [6, 6.07) is 14.6. The zero-order chi connectivity index (χ0) is 22.9. The largest absolute Gasteiger partial charge is 0.480 e. The number of carbonyl (C=O) groups excluding carboxylic acids is 2. The zero-order valence-corrected chi connectivity index (χ0v) is 17.7. The number of aromatic nitrogens is 1.